The first-order valence-electron chi connectivity index (χ1n) is 3.86. The Hall–Kier alpha value is -0.950. The zero-order valence-corrected chi connectivity index (χ0v) is 9.74. The molecule has 0 amide bonds. The first kappa shape index (κ1) is 12.1. The summed E-state index contributed by atoms with van der Waals surface area (Å²) in [6.45, 7) is 0. The molecular weight excluding hydrogens is 256 g/mol. The minimum Gasteiger partial charge on any atom is -0.386 e. The van der Waals surface area contributed by atoms with Gasteiger partial charge in [0.25, 0.3) is 0 Å². The van der Waals surface area contributed by atoms with Crippen LogP contribution in [0, 0.1) is 11.3 Å². The molecule has 0 saturated carbocycles. The average molecular weight is 263 g/mol. The smallest absolute Gasteiger partial charge is 0.115 e. The summed E-state index contributed by atoms with van der Waals surface area (Å²) >= 11 is 17.2. The molecule has 0 bridgehead atoms. The molecular formula is C9H6Cl3N3. The molecule has 0 aromatic heterocycles. The lowest BCUT2D eigenvalue weighted by molar-refractivity contribution is 1.43. The van der Waals surface area contributed by atoms with E-state index in [9.17, 15) is 0 Å². The predicted octanol–water partition coefficient (Wildman–Crippen LogP) is 3.09. The number of aliphatic imine (C=N–C) groups is 1. The van der Waals surface area contributed by atoms with E-state index < -0.39 is 0 Å². The molecule has 78 valence electrons. The Balaban J connectivity index is 3.27. The van der Waals surface area contributed by atoms with Crippen molar-refractivity contribution >= 4 is 46.3 Å². The van der Waals surface area contributed by atoms with Crippen LogP contribution >= 0.6 is 34.8 Å². The summed E-state index contributed by atoms with van der Waals surface area (Å²) in [6, 6.07) is 4.86. The monoisotopic (exact) mass is 261 g/mol. The van der Waals surface area contributed by atoms with E-state index >= 15 is 0 Å². The van der Waals surface area contributed by atoms with E-state index in [0.717, 1.165) is 0 Å². The van der Waals surface area contributed by atoms with Gasteiger partial charge < -0.3 is 5.73 Å². The van der Waals surface area contributed by atoms with E-state index in [1.807, 2.05) is 6.07 Å². The molecule has 0 spiro atoms. The van der Waals surface area contributed by atoms with Crippen molar-refractivity contribution < 1.29 is 0 Å². The summed E-state index contributed by atoms with van der Waals surface area (Å²) in [6.07, 6.45) is 0. The van der Waals surface area contributed by atoms with Crippen molar-refractivity contribution in [1.82, 2.24) is 0 Å². The van der Waals surface area contributed by atoms with Crippen LogP contribution < -0.4 is 5.73 Å². The Morgan fingerprint density at radius 1 is 1.40 bits per heavy atom. The Kier molecular flexibility index (Phi) is 4.22. The maximum absolute atomic E-state index is 8.66. The second kappa shape index (κ2) is 5.22. The van der Waals surface area contributed by atoms with Gasteiger partial charge in [0.2, 0.25) is 0 Å². The molecule has 0 unspecified atom stereocenters. The third-order valence-corrected chi connectivity index (χ3v) is 2.39. The van der Waals surface area contributed by atoms with Gasteiger partial charge >= 0.3 is 0 Å². The number of hydrogen-bond acceptors (Lipinski definition) is 2. The molecule has 1 aromatic carbocycles. The third-order valence-electron chi connectivity index (χ3n) is 1.54. The van der Waals surface area contributed by atoms with Gasteiger partial charge in [-0.1, -0.05) is 23.2 Å². The van der Waals surface area contributed by atoms with Crippen molar-refractivity contribution in [2.24, 2.45) is 10.7 Å². The topological polar surface area (TPSA) is 62.2 Å². The van der Waals surface area contributed by atoms with E-state index in [1.165, 1.54) is 12.1 Å². The molecule has 0 aliphatic heterocycles. The number of nitriles is 1. The van der Waals surface area contributed by atoms with Crippen molar-refractivity contribution in [2.45, 2.75) is 0 Å². The number of amidine groups is 1. The van der Waals surface area contributed by atoms with Gasteiger partial charge in [-0.05, 0) is 12.1 Å². The number of hydrogen-bond donors (Lipinski definition) is 1. The van der Waals surface area contributed by atoms with Gasteiger partial charge in [-0.25, -0.2) is 4.99 Å². The lowest BCUT2D eigenvalue weighted by atomic mass is 10.2. The molecule has 15 heavy (non-hydrogen) atoms. The Morgan fingerprint density at radius 2 is 1.93 bits per heavy atom. The number of nitrogens with two attached hydrogens (primary N) is 1. The zero-order valence-electron chi connectivity index (χ0n) is 7.47. The van der Waals surface area contributed by atoms with E-state index in [-0.39, 0.29) is 21.8 Å². The molecule has 2 N–H and O–H groups in total. The second-order valence-electron chi connectivity index (χ2n) is 2.64. The van der Waals surface area contributed by atoms with Gasteiger partial charge in [0.1, 0.15) is 11.5 Å². The highest BCUT2D eigenvalue weighted by molar-refractivity contribution is 6.39. The molecule has 0 fully saturated rings. The molecule has 0 radical (unpaired) electrons. The van der Waals surface area contributed by atoms with Crippen LogP contribution in [0.1, 0.15) is 5.56 Å². The zero-order chi connectivity index (χ0) is 11.4. The van der Waals surface area contributed by atoms with Gasteiger partial charge in [0.05, 0.1) is 27.6 Å². The Labute approximate surface area is 102 Å². The highest BCUT2D eigenvalue weighted by atomic mass is 35.5. The normalized spacial score (nSPS) is 11.2. The van der Waals surface area contributed by atoms with Crippen LogP contribution in [0.4, 0.5) is 5.69 Å². The summed E-state index contributed by atoms with van der Waals surface area (Å²) in [5.74, 6) is 0.303. The Bertz CT molecular complexity index is 425. The molecule has 3 nitrogen and oxygen atoms in total. The summed E-state index contributed by atoms with van der Waals surface area (Å²) < 4.78 is 0. The number of halogens is 3. The van der Waals surface area contributed by atoms with Crippen molar-refractivity contribution in [2.75, 3.05) is 5.88 Å². The molecule has 0 aliphatic carbocycles. The summed E-state index contributed by atoms with van der Waals surface area (Å²) in [4.78, 5) is 3.94. The van der Waals surface area contributed by atoms with Gasteiger partial charge in [-0.15, -0.1) is 11.6 Å². The predicted molar refractivity (Wildman–Crippen MR) is 63.2 cm³/mol. The van der Waals surface area contributed by atoms with Crippen molar-refractivity contribution in [3.8, 4) is 6.07 Å². The number of benzene rings is 1. The van der Waals surface area contributed by atoms with Crippen LogP contribution in [0.5, 0.6) is 0 Å². The third kappa shape index (κ3) is 3.00. The fraction of sp³-hybridized carbons (Fsp3) is 0.111. The van der Waals surface area contributed by atoms with E-state index in [4.69, 9.17) is 45.8 Å². The van der Waals surface area contributed by atoms with Gasteiger partial charge in [0.15, 0.2) is 0 Å². The van der Waals surface area contributed by atoms with Crippen molar-refractivity contribution in [3.63, 3.8) is 0 Å². The number of rotatable bonds is 2. The van der Waals surface area contributed by atoms with Crippen LogP contribution in [0.2, 0.25) is 10.0 Å². The first-order chi connectivity index (χ1) is 7.08. The fourth-order valence-corrected chi connectivity index (χ4v) is 1.54. The molecule has 0 saturated heterocycles. The highest BCUT2D eigenvalue weighted by Gasteiger charge is 2.07. The molecule has 6 heteroatoms. The van der Waals surface area contributed by atoms with Crippen LogP contribution in [0.3, 0.4) is 0 Å². The second-order valence-corrected chi connectivity index (χ2v) is 3.72. The van der Waals surface area contributed by atoms with Crippen molar-refractivity contribution in [3.05, 3.63) is 27.7 Å². The van der Waals surface area contributed by atoms with Gasteiger partial charge in [0, 0.05) is 0 Å². The van der Waals surface area contributed by atoms with Crippen molar-refractivity contribution in [1.29, 1.82) is 5.26 Å². The van der Waals surface area contributed by atoms with Gasteiger partial charge in [-0.2, -0.15) is 5.26 Å². The molecule has 1 rings (SSSR count). The van der Waals surface area contributed by atoms with Gasteiger partial charge in [-0.3, -0.25) is 0 Å². The maximum Gasteiger partial charge on any atom is 0.115 e. The largest absolute Gasteiger partial charge is 0.386 e. The summed E-state index contributed by atoms with van der Waals surface area (Å²) in [7, 11) is 0. The van der Waals surface area contributed by atoms with Crippen LogP contribution in [-0.4, -0.2) is 11.7 Å². The van der Waals surface area contributed by atoms with Crippen LogP contribution in [0.25, 0.3) is 0 Å². The standard InChI is InChI=1S/C9H6Cl3N3/c10-3-8(14)15-9-6(11)1-5(4-13)2-7(9)12/h1-2H,3H2,(H2,14,15). The quantitative estimate of drug-likeness (QED) is 0.506. The van der Waals surface area contributed by atoms with Crippen LogP contribution in [0.15, 0.2) is 17.1 Å². The highest BCUT2D eigenvalue weighted by Crippen LogP contribution is 2.34. The summed E-state index contributed by atoms with van der Waals surface area (Å²) in [5.41, 5.74) is 6.15. The average Bonchev–Trinajstić information content (AvgIpc) is 2.22. The number of alkyl halides is 1. The minimum atomic E-state index is 0.0899. The van der Waals surface area contributed by atoms with E-state index in [0.29, 0.717) is 11.3 Å². The SMILES string of the molecule is N#Cc1cc(Cl)c(N=C(N)CCl)c(Cl)c1. The molecule has 0 atom stereocenters. The molecule has 0 aliphatic rings. The Morgan fingerprint density at radius 3 is 2.33 bits per heavy atom. The summed E-state index contributed by atoms with van der Waals surface area (Å²) in [5, 5.41) is 9.20. The van der Waals surface area contributed by atoms with E-state index in [2.05, 4.69) is 4.99 Å². The number of nitrogens with zero attached hydrogens (tertiary/aromatic N) is 2. The lowest BCUT2D eigenvalue weighted by Gasteiger charge is -2.03. The molecule has 1 aromatic rings. The maximum atomic E-state index is 8.66. The fourth-order valence-electron chi connectivity index (χ4n) is 0.910. The van der Waals surface area contributed by atoms with Crippen LogP contribution in [-0.2, 0) is 0 Å². The first-order valence-corrected chi connectivity index (χ1v) is 5.15. The van der Waals surface area contributed by atoms with E-state index in [1.54, 1.807) is 0 Å². The minimum absolute atomic E-state index is 0.0899. The lowest BCUT2D eigenvalue weighted by Crippen LogP contribution is -2.12. The molecule has 0 heterocycles.